The van der Waals surface area contributed by atoms with Crippen LogP contribution in [0, 0.1) is 0 Å². The van der Waals surface area contributed by atoms with Gasteiger partial charge < -0.3 is 15.2 Å². The van der Waals surface area contributed by atoms with Gasteiger partial charge in [-0.25, -0.2) is 0 Å². The minimum absolute atomic E-state index is 0.0894. The number of benzene rings is 1. The minimum Gasteiger partial charge on any atom is -0.497 e. The molecule has 1 atom stereocenters. The third-order valence-corrected chi connectivity index (χ3v) is 2.88. The largest absolute Gasteiger partial charge is 0.497 e. The van der Waals surface area contributed by atoms with E-state index < -0.39 is 5.97 Å². The lowest BCUT2D eigenvalue weighted by molar-refractivity contribution is -0.137. The van der Waals surface area contributed by atoms with Gasteiger partial charge in [-0.2, -0.15) is 0 Å². The number of carbonyl (C=O) groups excluding carboxylic acids is 1. The smallest absolute Gasteiger partial charge is 0.303 e. The summed E-state index contributed by atoms with van der Waals surface area (Å²) < 4.78 is 5.06. The molecule has 1 aromatic rings. The predicted molar refractivity (Wildman–Crippen MR) is 75.8 cm³/mol. The molecule has 0 aromatic heterocycles. The first kappa shape index (κ1) is 15.8. The molecule has 1 unspecified atom stereocenters. The van der Waals surface area contributed by atoms with Crippen LogP contribution in [0.15, 0.2) is 36.9 Å². The van der Waals surface area contributed by atoms with Crippen LogP contribution in [0.25, 0.3) is 0 Å². The van der Waals surface area contributed by atoms with Crippen LogP contribution in [0.5, 0.6) is 5.75 Å². The molecule has 5 nitrogen and oxygen atoms in total. The van der Waals surface area contributed by atoms with Crippen LogP contribution in [0.3, 0.4) is 0 Å². The number of methoxy groups -OCH3 is 1. The summed E-state index contributed by atoms with van der Waals surface area (Å²) in [5.74, 6) is -0.781. The lowest BCUT2D eigenvalue weighted by atomic mass is 9.92. The van der Waals surface area contributed by atoms with Crippen molar-refractivity contribution in [2.45, 2.75) is 18.8 Å². The predicted octanol–water partition coefficient (Wildman–Crippen LogP) is 1.95. The summed E-state index contributed by atoms with van der Waals surface area (Å²) in [6.45, 7) is 3.89. The maximum atomic E-state index is 11.7. The van der Waals surface area contributed by atoms with Crippen LogP contribution in [0.1, 0.15) is 24.3 Å². The van der Waals surface area contributed by atoms with Crippen molar-refractivity contribution in [3.63, 3.8) is 0 Å². The number of ether oxygens (including phenoxy) is 1. The molecule has 20 heavy (non-hydrogen) atoms. The van der Waals surface area contributed by atoms with Gasteiger partial charge in [0.15, 0.2) is 0 Å². The molecular formula is C15H19NO4. The average molecular weight is 277 g/mol. The Bertz CT molecular complexity index is 467. The van der Waals surface area contributed by atoms with E-state index in [9.17, 15) is 9.59 Å². The Hall–Kier alpha value is -2.30. The van der Waals surface area contributed by atoms with Crippen LogP contribution >= 0.6 is 0 Å². The molecule has 0 bridgehead atoms. The normalized spacial score (nSPS) is 11.4. The second kappa shape index (κ2) is 7.99. The van der Waals surface area contributed by atoms with Crippen LogP contribution in [-0.4, -0.2) is 30.6 Å². The molecule has 5 heteroatoms. The number of hydrogen-bond acceptors (Lipinski definition) is 3. The van der Waals surface area contributed by atoms with E-state index in [2.05, 4.69) is 11.9 Å². The number of carboxylic acid groups (broad SMARTS) is 1. The number of hydrogen-bond donors (Lipinski definition) is 2. The molecule has 108 valence electrons. The molecule has 0 radical (unpaired) electrons. The van der Waals surface area contributed by atoms with Crippen molar-refractivity contribution in [2.24, 2.45) is 0 Å². The van der Waals surface area contributed by atoms with Crippen molar-refractivity contribution in [2.75, 3.05) is 13.7 Å². The minimum atomic E-state index is -0.928. The van der Waals surface area contributed by atoms with Crippen molar-refractivity contribution < 1.29 is 19.4 Å². The first-order valence-corrected chi connectivity index (χ1v) is 6.30. The highest BCUT2D eigenvalue weighted by molar-refractivity contribution is 5.78. The third kappa shape index (κ3) is 5.14. The summed E-state index contributed by atoms with van der Waals surface area (Å²) in [6, 6.07) is 7.08. The molecule has 1 rings (SSSR count). The Morgan fingerprint density at radius 3 is 2.50 bits per heavy atom. The van der Waals surface area contributed by atoms with Crippen LogP contribution in [-0.2, 0) is 9.59 Å². The highest BCUT2D eigenvalue weighted by atomic mass is 16.5. The zero-order valence-electron chi connectivity index (χ0n) is 11.5. The fourth-order valence-corrected chi connectivity index (χ4v) is 1.88. The van der Waals surface area contributed by atoms with Gasteiger partial charge in [0.1, 0.15) is 5.75 Å². The van der Waals surface area contributed by atoms with E-state index in [0.717, 1.165) is 5.56 Å². The summed E-state index contributed by atoms with van der Waals surface area (Å²) in [5, 5.41) is 11.6. The zero-order valence-corrected chi connectivity index (χ0v) is 11.5. The fraction of sp³-hybridized carbons (Fsp3) is 0.333. The monoisotopic (exact) mass is 277 g/mol. The molecular weight excluding hydrogens is 258 g/mol. The van der Waals surface area contributed by atoms with Crippen molar-refractivity contribution in [3.05, 3.63) is 42.5 Å². The lowest BCUT2D eigenvalue weighted by Gasteiger charge is -2.15. The van der Waals surface area contributed by atoms with Gasteiger partial charge in [-0.3, -0.25) is 9.59 Å². The average Bonchev–Trinajstić information content (AvgIpc) is 2.44. The van der Waals surface area contributed by atoms with Gasteiger partial charge in [0, 0.05) is 18.9 Å². The number of aliphatic carboxylic acids is 1. The van der Waals surface area contributed by atoms with Crippen LogP contribution in [0.2, 0.25) is 0 Å². The summed E-state index contributed by atoms with van der Waals surface area (Å²) in [4.78, 5) is 22.6. The highest BCUT2D eigenvalue weighted by Crippen LogP contribution is 2.25. The van der Waals surface area contributed by atoms with Crippen molar-refractivity contribution in [1.82, 2.24) is 5.32 Å². The molecule has 0 saturated carbocycles. The van der Waals surface area contributed by atoms with E-state index in [4.69, 9.17) is 9.84 Å². The molecule has 0 fully saturated rings. The lowest BCUT2D eigenvalue weighted by Crippen LogP contribution is -2.25. The van der Waals surface area contributed by atoms with E-state index in [1.165, 1.54) is 0 Å². The van der Waals surface area contributed by atoms with Crippen LogP contribution < -0.4 is 10.1 Å². The maximum Gasteiger partial charge on any atom is 0.303 e. The molecule has 1 aromatic carbocycles. The molecule has 0 spiro atoms. The molecule has 1 amide bonds. The fourth-order valence-electron chi connectivity index (χ4n) is 1.88. The van der Waals surface area contributed by atoms with Gasteiger partial charge in [0.25, 0.3) is 0 Å². The number of rotatable bonds is 8. The molecule has 0 aliphatic carbocycles. The van der Waals surface area contributed by atoms with Crippen molar-refractivity contribution in [3.8, 4) is 5.75 Å². The number of amides is 1. The Balaban J connectivity index is 2.78. The van der Waals surface area contributed by atoms with Crippen molar-refractivity contribution >= 4 is 11.9 Å². The Kier molecular flexibility index (Phi) is 6.29. The van der Waals surface area contributed by atoms with Gasteiger partial charge in [-0.05, 0) is 17.7 Å². The molecule has 0 heterocycles. The summed E-state index contributed by atoms with van der Waals surface area (Å²) >= 11 is 0. The highest BCUT2D eigenvalue weighted by Gasteiger charge is 2.19. The van der Waals surface area contributed by atoms with Crippen LogP contribution in [0.4, 0.5) is 0 Å². The van der Waals surface area contributed by atoms with E-state index in [0.29, 0.717) is 12.3 Å². The molecule has 2 N–H and O–H groups in total. The third-order valence-electron chi connectivity index (χ3n) is 2.88. The summed E-state index contributed by atoms with van der Waals surface area (Å²) in [6.07, 6.45) is 1.62. The SMILES string of the molecule is C=CCNC(=O)CC(CC(=O)O)c1ccc(OC)cc1. The van der Waals surface area contributed by atoms with Gasteiger partial charge in [0.05, 0.1) is 13.5 Å². The first-order chi connectivity index (χ1) is 9.56. The quantitative estimate of drug-likeness (QED) is 0.712. The molecule has 0 saturated heterocycles. The Morgan fingerprint density at radius 1 is 1.35 bits per heavy atom. The van der Waals surface area contributed by atoms with Crippen molar-refractivity contribution in [1.29, 1.82) is 0 Å². The Labute approximate surface area is 118 Å². The first-order valence-electron chi connectivity index (χ1n) is 6.30. The standard InChI is InChI=1S/C15H19NO4/c1-3-8-16-14(17)9-12(10-15(18)19)11-4-6-13(20-2)7-5-11/h3-7,12H,1,8-10H2,2H3,(H,16,17)(H,18,19). The number of nitrogens with one attached hydrogen (secondary N) is 1. The van der Waals surface area contributed by atoms with Gasteiger partial charge in [0.2, 0.25) is 5.91 Å². The van der Waals surface area contributed by atoms with E-state index >= 15 is 0 Å². The second-order valence-electron chi connectivity index (χ2n) is 4.36. The number of carboxylic acids is 1. The van der Waals surface area contributed by atoms with E-state index in [1.54, 1.807) is 37.5 Å². The summed E-state index contributed by atoms with van der Waals surface area (Å²) in [5.41, 5.74) is 0.807. The second-order valence-corrected chi connectivity index (χ2v) is 4.36. The molecule has 0 aliphatic heterocycles. The van der Waals surface area contributed by atoms with E-state index in [1.807, 2.05) is 0 Å². The van der Waals surface area contributed by atoms with E-state index in [-0.39, 0.29) is 24.7 Å². The Morgan fingerprint density at radius 2 is 2.00 bits per heavy atom. The van der Waals surface area contributed by atoms with Gasteiger partial charge in [-0.1, -0.05) is 18.2 Å². The topological polar surface area (TPSA) is 75.6 Å². The zero-order chi connectivity index (χ0) is 15.0. The maximum absolute atomic E-state index is 11.7. The van der Waals surface area contributed by atoms with Gasteiger partial charge in [-0.15, -0.1) is 6.58 Å². The molecule has 0 aliphatic rings. The number of carbonyl (C=O) groups is 2. The summed E-state index contributed by atoms with van der Waals surface area (Å²) in [7, 11) is 1.56. The van der Waals surface area contributed by atoms with Gasteiger partial charge >= 0.3 is 5.97 Å².